The Balaban J connectivity index is 2.18. The van der Waals surface area contributed by atoms with Gasteiger partial charge in [-0.3, -0.25) is 10.1 Å². The Kier molecular flexibility index (Phi) is 2.38. The minimum absolute atomic E-state index is 0.244. The number of aromatic nitrogens is 3. The molecule has 0 atom stereocenters. The Morgan fingerprint density at radius 1 is 1.67 bits per heavy atom. The van der Waals surface area contributed by atoms with E-state index < -0.39 is 0 Å². The first-order valence-electron chi connectivity index (χ1n) is 4.16. The van der Waals surface area contributed by atoms with Gasteiger partial charge in [-0.05, 0) is 6.07 Å². The van der Waals surface area contributed by atoms with Gasteiger partial charge >= 0.3 is 0 Å². The molecule has 0 aliphatic carbocycles. The van der Waals surface area contributed by atoms with Gasteiger partial charge in [0.1, 0.15) is 11.2 Å². The maximum atomic E-state index is 11.7. The molecule has 0 radical (unpaired) electrons. The molecule has 0 saturated heterocycles. The van der Waals surface area contributed by atoms with Crippen molar-refractivity contribution in [3.05, 3.63) is 23.5 Å². The van der Waals surface area contributed by atoms with Crippen molar-refractivity contribution in [2.45, 2.75) is 0 Å². The van der Waals surface area contributed by atoms with E-state index in [0.29, 0.717) is 16.5 Å². The van der Waals surface area contributed by atoms with Gasteiger partial charge in [0.05, 0.1) is 5.69 Å². The number of hydrogen-bond acceptors (Lipinski definition) is 5. The summed E-state index contributed by atoms with van der Waals surface area (Å²) < 4.78 is 1.66. The zero-order valence-electron chi connectivity index (χ0n) is 7.97. The number of amides is 1. The minimum Gasteiger partial charge on any atom is -0.397 e. The number of nitrogen functional groups attached to an aromatic ring is 1. The first-order valence-corrected chi connectivity index (χ1v) is 5.04. The second-order valence-corrected chi connectivity index (χ2v) is 3.80. The Morgan fingerprint density at radius 3 is 3.00 bits per heavy atom. The molecule has 1 amide bonds. The predicted molar refractivity (Wildman–Crippen MR) is 57.7 cm³/mol. The fourth-order valence-corrected chi connectivity index (χ4v) is 1.64. The molecule has 0 spiro atoms. The highest BCUT2D eigenvalue weighted by molar-refractivity contribution is 7.13. The van der Waals surface area contributed by atoms with Gasteiger partial charge in [0.2, 0.25) is 5.13 Å². The summed E-state index contributed by atoms with van der Waals surface area (Å²) in [6, 6.07) is 1.61. The molecule has 0 aliphatic heterocycles. The fourth-order valence-electron chi connectivity index (χ4n) is 1.20. The van der Waals surface area contributed by atoms with E-state index in [9.17, 15) is 4.79 Å². The Morgan fingerprint density at radius 2 is 2.47 bits per heavy atom. The molecule has 0 aromatic carbocycles. The number of nitrogens with two attached hydrogens (primary N) is 1. The standard InChI is InChI=1S/C8H9N5OS/c1-13-3-5(9)2-6(13)7(14)11-8-12-10-4-15-8/h2-4H,9H2,1H3,(H,11,12,14). The van der Waals surface area contributed by atoms with Crippen LogP contribution in [0.3, 0.4) is 0 Å². The summed E-state index contributed by atoms with van der Waals surface area (Å²) in [4.78, 5) is 11.7. The highest BCUT2D eigenvalue weighted by atomic mass is 32.1. The van der Waals surface area contributed by atoms with E-state index in [1.807, 2.05) is 0 Å². The monoisotopic (exact) mass is 223 g/mol. The molecular weight excluding hydrogens is 214 g/mol. The second-order valence-electron chi connectivity index (χ2n) is 2.97. The molecule has 2 rings (SSSR count). The smallest absolute Gasteiger partial charge is 0.274 e. The van der Waals surface area contributed by atoms with Crippen LogP contribution in [-0.4, -0.2) is 20.7 Å². The molecule has 15 heavy (non-hydrogen) atoms. The summed E-state index contributed by atoms with van der Waals surface area (Å²) in [6.45, 7) is 0. The van der Waals surface area contributed by atoms with Crippen molar-refractivity contribution in [1.82, 2.24) is 14.8 Å². The third-order valence-electron chi connectivity index (χ3n) is 1.84. The quantitative estimate of drug-likeness (QED) is 0.785. The van der Waals surface area contributed by atoms with Crippen molar-refractivity contribution < 1.29 is 4.79 Å². The van der Waals surface area contributed by atoms with E-state index >= 15 is 0 Å². The topological polar surface area (TPSA) is 85.8 Å². The van der Waals surface area contributed by atoms with Crippen LogP contribution in [-0.2, 0) is 7.05 Å². The number of nitrogens with one attached hydrogen (secondary N) is 1. The van der Waals surface area contributed by atoms with Crippen LogP contribution in [0.4, 0.5) is 10.8 Å². The lowest BCUT2D eigenvalue weighted by atomic mass is 10.4. The summed E-state index contributed by atoms with van der Waals surface area (Å²) in [5, 5.41) is 10.4. The molecule has 6 nitrogen and oxygen atoms in total. The van der Waals surface area contributed by atoms with Crippen molar-refractivity contribution in [2.75, 3.05) is 11.1 Å². The summed E-state index contributed by atoms with van der Waals surface area (Å²) >= 11 is 1.26. The van der Waals surface area contributed by atoms with Crippen LogP contribution in [0.2, 0.25) is 0 Å². The van der Waals surface area contributed by atoms with E-state index in [-0.39, 0.29) is 5.91 Å². The second kappa shape index (κ2) is 3.70. The number of carbonyl (C=O) groups is 1. The van der Waals surface area contributed by atoms with Crippen molar-refractivity contribution in [2.24, 2.45) is 7.05 Å². The van der Waals surface area contributed by atoms with Crippen LogP contribution in [0, 0.1) is 0 Å². The zero-order chi connectivity index (χ0) is 10.8. The van der Waals surface area contributed by atoms with Gasteiger partial charge in [0.15, 0.2) is 0 Å². The lowest BCUT2D eigenvalue weighted by Gasteiger charge is -2.01. The molecule has 7 heteroatoms. The van der Waals surface area contributed by atoms with Gasteiger partial charge in [0, 0.05) is 13.2 Å². The average molecular weight is 223 g/mol. The van der Waals surface area contributed by atoms with Gasteiger partial charge in [0.25, 0.3) is 5.91 Å². The van der Waals surface area contributed by atoms with Crippen molar-refractivity contribution in [1.29, 1.82) is 0 Å². The van der Waals surface area contributed by atoms with Gasteiger partial charge < -0.3 is 10.3 Å². The maximum absolute atomic E-state index is 11.7. The first-order chi connectivity index (χ1) is 7.16. The Labute approximate surface area is 89.7 Å². The van der Waals surface area contributed by atoms with Crippen LogP contribution < -0.4 is 11.1 Å². The van der Waals surface area contributed by atoms with E-state index in [4.69, 9.17) is 5.73 Å². The number of nitrogens with zero attached hydrogens (tertiary/aromatic N) is 3. The van der Waals surface area contributed by atoms with E-state index in [1.165, 1.54) is 11.3 Å². The summed E-state index contributed by atoms with van der Waals surface area (Å²) in [5.74, 6) is -0.244. The summed E-state index contributed by atoms with van der Waals surface area (Å²) in [5.41, 5.74) is 8.16. The van der Waals surface area contributed by atoms with Crippen molar-refractivity contribution in [3.63, 3.8) is 0 Å². The molecule has 0 saturated carbocycles. The first kappa shape index (κ1) is 9.66. The molecule has 3 N–H and O–H groups in total. The third-order valence-corrected chi connectivity index (χ3v) is 2.45. The molecule has 0 aliphatic rings. The summed E-state index contributed by atoms with van der Waals surface area (Å²) in [6.07, 6.45) is 1.68. The van der Waals surface area contributed by atoms with E-state index in [0.717, 1.165) is 0 Å². The van der Waals surface area contributed by atoms with Gasteiger partial charge in [-0.15, -0.1) is 10.2 Å². The predicted octanol–water partition coefficient (Wildman–Crippen LogP) is 0.711. The molecule has 2 aromatic heterocycles. The Bertz CT molecular complexity index is 475. The summed E-state index contributed by atoms with van der Waals surface area (Å²) in [7, 11) is 1.76. The normalized spacial score (nSPS) is 10.2. The lowest BCUT2D eigenvalue weighted by Crippen LogP contribution is -2.15. The van der Waals surface area contributed by atoms with Crippen molar-refractivity contribution >= 4 is 28.1 Å². The highest BCUT2D eigenvalue weighted by Crippen LogP contribution is 2.13. The van der Waals surface area contributed by atoms with Crippen LogP contribution in [0.25, 0.3) is 0 Å². The van der Waals surface area contributed by atoms with Crippen LogP contribution in [0.15, 0.2) is 17.8 Å². The minimum atomic E-state index is -0.244. The fraction of sp³-hybridized carbons (Fsp3) is 0.125. The van der Waals surface area contributed by atoms with Gasteiger partial charge in [-0.2, -0.15) is 0 Å². The van der Waals surface area contributed by atoms with E-state index in [2.05, 4.69) is 15.5 Å². The molecule has 0 bridgehead atoms. The molecule has 2 heterocycles. The zero-order valence-corrected chi connectivity index (χ0v) is 8.78. The number of carbonyl (C=O) groups excluding carboxylic acids is 1. The van der Waals surface area contributed by atoms with Gasteiger partial charge in [-0.1, -0.05) is 11.3 Å². The molecular formula is C8H9N5OS. The van der Waals surface area contributed by atoms with Crippen LogP contribution in [0.1, 0.15) is 10.5 Å². The van der Waals surface area contributed by atoms with E-state index in [1.54, 1.807) is 29.4 Å². The molecule has 2 aromatic rings. The molecule has 78 valence electrons. The molecule has 0 unspecified atom stereocenters. The number of aryl methyl sites for hydroxylation is 1. The average Bonchev–Trinajstić information content (AvgIpc) is 2.75. The van der Waals surface area contributed by atoms with Crippen LogP contribution >= 0.6 is 11.3 Å². The third kappa shape index (κ3) is 1.96. The Hall–Kier alpha value is -1.89. The maximum Gasteiger partial charge on any atom is 0.274 e. The number of anilines is 2. The highest BCUT2D eigenvalue weighted by Gasteiger charge is 2.12. The SMILES string of the molecule is Cn1cc(N)cc1C(=O)Nc1nncs1. The largest absolute Gasteiger partial charge is 0.397 e. The molecule has 0 fully saturated rings. The lowest BCUT2D eigenvalue weighted by molar-refractivity contribution is 0.101. The van der Waals surface area contributed by atoms with Gasteiger partial charge in [-0.25, -0.2) is 0 Å². The number of rotatable bonds is 2. The van der Waals surface area contributed by atoms with Crippen molar-refractivity contribution in [3.8, 4) is 0 Å². The number of hydrogen-bond donors (Lipinski definition) is 2. The van der Waals surface area contributed by atoms with Crippen LogP contribution in [0.5, 0.6) is 0 Å².